The lowest BCUT2D eigenvalue weighted by Gasteiger charge is -2.01. The van der Waals surface area contributed by atoms with Crippen molar-refractivity contribution >= 4 is 17.1 Å². The summed E-state index contributed by atoms with van der Waals surface area (Å²) in [5.41, 5.74) is 0.962. The van der Waals surface area contributed by atoms with Crippen LogP contribution in [0.3, 0.4) is 0 Å². The Morgan fingerprint density at radius 3 is 2.22 bits per heavy atom. The van der Waals surface area contributed by atoms with E-state index in [1.54, 1.807) is 11.3 Å². The normalized spacial score (nSPS) is 10.8. The second-order valence-corrected chi connectivity index (χ2v) is 6.58. The van der Waals surface area contributed by atoms with Gasteiger partial charge < -0.3 is 0 Å². The molecule has 1 heterocycles. The smallest absolute Gasteiger partial charge is 0.163 e. The largest absolute Gasteiger partial charge is 0.294 e. The first-order valence-corrected chi connectivity index (χ1v) is 8.07. The molecule has 0 saturated heterocycles. The highest BCUT2D eigenvalue weighted by atomic mass is 32.1. The minimum atomic E-state index is 0.338. The molecule has 0 aliphatic rings. The van der Waals surface area contributed by atoms with E-state index in [9.17, 15) is 4.79 Å². The van der Waals surface area contributed by atoms with Gasteiger partial charge in [-0.15, -0.1) is 11.3 Å². The molecule has 0 bridgehead atoms. The van der Waals surface area contributed by atoms with E-state index < -0.39 is 0 Å². The molecule has 0 unspecified atom stereocenters. The van der Waals surface area contributed by atoms with E-state index in [-0.39, 0.29) is 0 Å². The molecule has 1 aromatic rings. The number of carbonyl (C=O) groups is 1. The Balaban J connectivity index is 2.16. The summed E-state index contributed by atoms with van der Waals surface area (Å²) in [4.78, 5) is 14.4. The van der Waals surface area contributed by atoms with Crippen molar-refractivity contribution in [1.82, 2.24) is 0 Å². The van der Waals surface area contributed by atoms with Gasteiger partial charge in [0.25, 0.3) is 0 Å². The third-order valence-corrected chi connectivity index (χ3v) is 4.31. The van der Waals surface area contributed by atoms with Gasteiger partial charge in [0.05, 0.1) is 0 Å². The molecule has 0 atom stereocenters. The molecule has 102 valence electrons. The number of carbonyl (C=O) groups excluding carboxylic acids is 1. The quantitative estimate of drug-likeness (QED) is 0.414. The van der Waals surface area contributed by atoms with Gasteiger partial charge in [0.2, 0.25) is 0 Å². The van der Waals surface area contributed by atoms with E-state index >= 15 is 0 Å². The first-order chi connectivity index (χ1) is 8.65. The lowest BCUT2D eigenvalue weighted by molar-refractivity contribution is 0.0979. The highest BCUT2D eigenvalue weighted by Crippen LogP contribution is 2.22. The molecular weight excluding hydrogens is 240 g/mol. The number of ketones is 1. The fourth-order valence-corrected chi connectivity index (χ4v) is 3.23. The van der Waals surface area contributed by atoms with Crippen LogP contribution >= 0.6 is 11.3 Å². The standard InChI is InChI=1S/C16H26OS/c1-4-5-6-7-8-9-10-11-16(17)15-12-13(2)18-14(15)3/h12H,4-11H2,1-3H3. The van der Waals surface area contributed by atoms with Crippen LogP contribution in [0.5, 0.6) is 0 Å². The summed E-state index contributed by atoms with van der Waals surface area (Å²) >= 11 is 1.73. The number of hydrogen-bond donors (Lipinski definition) is 0. The van der Waals surface area contributed by atoms with Crippen LogP contribution < -0.4 is 0 Å². The molecule has 0 saturated carbocycles. The Kier molecular flexibility index (Phi) is 7.26. The second kappa shape index (κ2) is 8.47. The summed E-state index contributed by atoms with van der Waals surface area (Å²) in [6.45, 7) is 6.36. The molecule has 1 rings (SSSR count). The van der Waals surface area contributed by atoms with Crippen LogP contribution in [-0.4, -0.2) is 5.78 Å². The van der Waals surface area contributed by atoms with E-state index in [4.69, 9.17) is 0 Å². The molecule has 0 N–H and O–H groups in total. The molecule has 0 amide bonds. The third kappa shape index (κ3) is 5.34. The highest BCUT2D eigenvalue weighted by Gasteiger charge is 2.11. The van der Waals surface area contributed by atoms with Crippen LogP contribution in [0.4, 0.5) is 0 Å². The van der Waals surface area contributed by atoms with Gasteiger partial charge >= 0.3 is 0 Å². The number of rotatable bonds is 9. The fraction of sp³-hybridized carbons (Fsp3) is 0.688. The number of aryl methyl sites for hydroxylation is 2. The van der Waals surface area contributed by atoms with Crippen LogP contribution in [0, 0.1) is 13.8 Å². The van der Waals surface area contributed by atoms with Crippen molar-refractivity contribution in [3.8, 4) is 0 Å². The Morgan fingerprint density at radius 2 is 1.67 bits per heavy atom. The predicted octanol–water partition coefficient (Wildman–Crippen LogP) is 5.69. The molecule has 0 fully saturated rings. The highest BCUT2D eigenvalue weighted by molar-refractivity contribution is 7.12. The maximum Gasteiger partial charge on any atom is 0.163 e. The molecule has 0 spiro atoms. The van der Waals surface area contributed by atoms with Gasteiger partial charge in [-0.3, -0.25) is 4.79 Å². The van der Waals surface area contributed by atoms with Crippen molar-refractivity contribution in [3.63, 3.8) is 0 Å². The van der Waals surface area contributed by atoms with Crippen molar-refractivity contribution in [3.05, 3.63) is 21.4 Å². The minimum absolute atomic E-state index is 0.338. The van der Waals surface area contributed by atoms with Gasteiger partial charge in [-0.1, -0.05) is 45.4 Å². The first-order valence-electron chi connectivity index (χ1n) is 7.25. The molecule has 0 aliphatic heterocycles. The van der Waals surface area contributed by atoms with Crippen molar-refractivity contribution < 1.29 is 4.79 Å². The summed E-state index contributed by atoms with van der Waals surface area (Å²) in [5, 5.41) is 0. The van der Waals surface area contributed by atoms with Gasteiger partial charge in [-0.25, -0.2) is 0 Å². The maximum absolute atomic E-state index is 12.0. The van der Waals surface area contributed by atoms with E-state index in [0.717, 1.165) is 18.4 Å². The molecule has 2 heteroatoms. The van der Waals surface area contributed by atoms with Crippen molar-refractivity contribution in [2.75, 3.05) is 0 Å². The maximum atomic E-state index is 12.0. The summed E-state index contributed by atoms with van der Waals surface area (Å²) in [6.07, 6.45) is 9.62. The zero-order valence-electron chi connectivity index (χ0n) is 12.1. The van der Waals surface area contributed by atoms with Crippen LogP contribution in [-0.2, 0) is 0 Å². The molecule has 1 aromatic heterocycles. The number of hydrogen-bond acceptors (Lipinski definition) is 2. The molecule has 0 aromatic carbocycles. The Bertz CT molecular complexity index is 365. The molecule has 18 heavy (non-hydrogen) atoms. The average Bonchev–Trinajstić information content (AvgIpc) is 2.67. The van der Waals surface area contributed by atoms with Gasteiger partial charge in [-0.2, -0.15) is 0 Å². The average molecular weight is 266 g/mol. The number of Topliss-reactive ketones (excluding diaryl/α,β-unsaturated/α-hetero) is 1. The Labute approximate surface area is 116 Å². The lowest BCUT2D eigenvalue weighted by Crippen LogP contribution is -1.98. The van der Waals surface area contributed by atoms with E-state index in [1.807, 2.05) is 6.07 Å². The van der Waals surface area contributed by atoms with Crippen LogP contribution in [0.2, 0.25) is 0 Å². The Morgan fingerprint density at radius 1 is 1.06 bits per heavy atom. The molecule has 0 radical (unpaired) electrons. The van der Waals surface area contributed by atoms with Gasteiger partial charge in [0, 0.05) is 21.7 Å². The predicted molar refractivity (Wildman–Crippen MR) is 80.7 cm³/mol. The third-order valence-electron chi connectivity index (χ3n) is 3.35. The lowest BCUT2D eigenvalue weighted by atomic mass is 10.0. The zero-order valence-corrected chi connectivity index (χ0v) is 12.9. The summed E-state index contributed by atoms with van der Waals surface area (Å²) in [5.74, 6) is 0.338. The van der Waals surface area contributed by atoms with Gasteiger partial charge in [-0.05, 0) is 26.3 Å². The van der Waals surface area contributed by atoms with Crippen LogP contribution in [0.15, 0.2) is 6.07 Å². The summed E-state index contributed by atoms with van der Waals surface area (Å²) in [7, 11) is 0. The Hall–Kier alpha value is -0.630. The van der Waals surface area contributed by atoms with Gasteiger partial charge in [0.15, 0.2) is 5.78 Å². The minimum Gasteiger partial charge on any atom is -0.294 e. The SMILES string of the molecule is CCCCCCCCCC(=O)c1cc(C)sc1C. The number of thiophene rings is 1. The molecular formula is C16H26OS. The van der Waals surface area contributed by atoms with Crippen LogP contribution in [0.1, 0.15) is 78.4 Å². The van der Waals surface area contributed by atoms with Gasteiger partial charge in [0.1, 0.15) is 0 Å². The second-order valence-electron chi connectivity index (χ2n) is 5.12. The van der Waals surface area contributed by atoms with Crippen molar-refractivity contribution in [2.24, 2.45) is 0 Å². The number of unbranched alkanes of at least 4 members (excludes halogenated alkanes) is 6. The zero-order chi connectivity index (χ0) is 13.4. The molecule has 0 aliphatic carbocycles. The monoisotopic (exact) mass is 266 g/mol. The summed E-state index contributed by atoms with van der Waals surface area (Å²) < 4.78 is 0. The fourth-order valence-electron chi connectivity index (χ4n) is 2.28. The van der Waals surface area contributed by atoms with E-state index in [0.29, 0.717) is 5.78 Å². The van der Waals surface area contributed by atoms with Crippen molar-refractivity contribution in [1.29, 1.82) is 0 Å². The first kappa shape index (κ1) is 15.4. The molecule has 1 nitrogen and oxygen atoms in total. The van der Waals surface area contributed by atoms with Crippen LogP contribution in [0.25, 0.3) is 0 Å². The van der Waals surface area contributed by atoms with E-state index in [1.165, 1.54) is 48.3 Å². The topological polar surface area (TPSA) is 17.1 Å². The van der Waals surface area contributed by atoms with Crippen molar-refractivity contribution in [2.45, 2.75) is 72.1 Å². The summed E-state index contributed by atoms with van der Waals surface area (Å²) in [6, 6.07) is 2.05. The van der Waals surface area contributed by atoms with E-state index in [2.05, 4.69) is 20.8 Å².